The Morgan fingerprint density at radius 2 is 1.84 bits per heavy atom. The quantitative estimate of drug-likeness (QED) is 0.862. The molecule has 2 rings (SSSR count). The molecule has 0 amide bonds. The summed E-state index contributed by atoms with van der Waals surface area (Å²) in [4.78, 5) is 0. The summed E-state index contributed by atoms with van der Waals surface area (Å²) >= 11 is 12.2. The van der Waals surface area contributed by atoms with Crippen LogP contribution in [0.25, 0.3) is 0 Å². The summed E-state index contributed by atoms with van der Waals surface area (Å²) in [7, 11) is 1.77. The average Bonchev–Trinajstić information content (AvgIpc) is 2.37. The molecule has 0 aromatic heterocycles. The van der Waals surface area contributed by atoms with Crippen LogP contribution in [-0.2, 0) is 0 Å². The summed E-state index contributed by atoms with van der Waals surface area (Å²) in [6, 6.07) is 10.0. The Balaban J connectivity index is 2.53. The average molecular weight is 298 g/mol. The van der Waals surface area contributed by atoms with E-state index < -0.39 is 0 Å². The van der Waals surface area contributed by atoms with Gasteiger partial charge in [-0.15, -0.1) is 0 Å². The summed E-state index contributed by atoms with van der Waals surface area (Å²) < 4.78 is 14.0. The smallest absolute Gasteiger partial charge is 0.129 e. The Morgan fingerprint density at radius 3 is 2.42 bits per heavy atom. The number of hydrogen-bond acceptors (Lipinski definition) is 1. The molecule has 4 heteroatoms. The van der Waals surface area contributed by atoms with Crippen LogP contribution in [0.1, 0.15) is 22.7 Å². The Morgan fingerprint density at radius 1 is 1.11 bits per heavy atom. The van der Waals surface area contributed by atoms with Gasteiger partial charge in [0.2, 0.25) is 0 Å². The summed E-state index contributed by atoms with van der Waals surface area (Å²) in [6.45, 7) is 1.93. The molecule has 0 aliphatic carbocycles. The van der Waals surface area contributed by atoms with Crippen molar-refractivity contribution in [2.45, 2.75) is 13.0 Å². The Bertz CT molecular complexity index is 578. The first kappa shape index (κ1) is 14.3. The van der Waals surface area contributed by atoms with Crippen molar-refractivity contribution in [2.75, 3.05) is 7.05 Å². The lowest BCUT2D eigenvalue weighted by Gasteiger charge is -2.20. The van der Waals surface area contributed by atoms with Gasteiger partial charge in [0.15, 0.2) is 0 Å². The molecule has 100 valence electrons. The van der Waals surface area contributed by atoms with E-state index in [1.54, 1.807) is 19.2 Å². The Labute approximate surface area is 122 Å². The maximum absolute atomic E-state index is 14.0. The minimum atomic E-state index is -0.330. The highest BCUT2D eigenvalue weighted by atomic mass is 35.5. The van der Waals surface area contributed by atoms with Gasteiger partial charge < -0.3 is 5.32 Å². The topological polar surface area (TPSA) is 12.0 Å². The maximum Gasteiger partial charge on any atom is 0.129 e. The second-order valence-electron chi connectivity index (χ2n) is 4.37. The molecule has 0 aliphatic heterocycles. The van der Waals surface area contributed by atoms with Gasteiger partial charge in [0, 0.05) is 15.6 Å². The van der Waals surface area contributed by atoms with Crippen LogP contribution in [0.2, 0.25) is 10.0 Å². The zero-order valence-corrected chi connectivity index (χ0v) is 12.2. The highest BCUT2D eigenvalue weighted by molar-refractivity contribution is 6.32. The van der Waals surface area contributed by atoms with Gasteiger partial charge in [-0.05, 0) is 43.3 Å². The van der Waals surface area contributed by atoms with Crippen molar-refractivity contribution >= 4 is 23.2 Å². The SMILES string of the molecule is CNC(c1ccc(C)c(Cl)c1)c1c(F)cccc1Cl. The fourth-order valence-corrected chi connectivity index (χ4v) is 2.51. The molecule has 1 N–H and O–H groups in total. The standard InChI is InChI=1S/C15H14Cl2FN/c1-9-6-7-10(8-12(9)17)15(19-2)14-11(16)4-3-5-13(14)18/h3-8,15,19H,1-2H3. The number of hydrogen-bond donors (Lipinski definition) is 1. The minimum Gasteiger partial charge on any atom is -0.309 e. The lowest BCUT2D eigenvalue weighted by atomic mass is 9.97. The van der Waals surface area contributed by atoms with E-state index in [1.807, 2.05) is 25.1 Å². The molecule has 2 aromatic rings. The van der Waals surface area contributed by atoms with Crippen LogP contribution in [0.15, 0.2) is 36.4 Å². The summed E-state index contributed by atoms with van der Waals surface area (Å²) in [5.74, 6) is -0.330. The van der Waals surface area contributed by atoms with E-state index in [1.165, 1.54) is 6.07 Å². The first-order valence-electron chi connectivity index (χ1n) is 5.92. The van der Waals surface area contributed by atoms with Gasteiger partial charge in [0.1, 0.15) is 5.82 Å². The van der Waals surface area contributed by atoms with Crippen LogP contribution < -0.4 is 5.32 Å². The van der Waals surface area contributed by atoms with Crippen molar-refractivity contribution in [1.29, 1.82) is 0 Å². The maximum atomic E-state index is 14.0. The fourth-order valence-electron chi connectivity index (χ4n) is 2.05. The van der Waals surface area contributed by atoms with Gasteiger partial charge in [-0.1, -0.05) is 41.4 Å². The number of nitrogens with one attached hydrogen (secondary N) is 1. The van der Waals surface area contributed by atoms with Crippen molar-refractivity contribution in [1.82, 2.24) is 5.32 Å². The third-order valence-corrected chi connectivity index (χ3v) is 3.84. The van der Waals surface area contributed by atoms with Crippen LogP contribution in [0, 0.1) is 12.7 Å². The number of aryl methyl sites for hydroxylation is 1. The van der Waals surface area contributed by atoms with E-state index in [2.05, 4.69) is 5.32 Å². The lowest BCUT2D eigenvalue weighted by Crippen LogP contribution is -2.19. The molecule has 1 unspecified atom stereocenters. The molecular weight excluding hydrogens is 284 g/mol. The van der Waals surface area contributed by atoms with Gasteiger partial charge in [0.25, 0.3) is 0 Å². The molecule has 1 atom stereocenters. The van der Waals surface area contributed by atoms with Crippen LogP contribution in [0.5, 0.6) is 0 Å². The molecule has 0 radical (unpaired) electrons. The first-order chi connectivity index (χ1) is 9.04. The second-order valence-corrected chi connectivity index (χ2v) is 5.18. The molecular formula is C15H14Cl2FN. The van der Waals surface area contributed by atoms with Gasteiger partial charge in [0.05, 0.1) is 6.04 Å². The second kappa shape index (κ2) is 5.91. The normalized spacial score (nSPS) is 12.5. The highest BCUT2D eigenvalue weighted by Gasteiger charge is 2.19. The predicted molar refractivity (Wildman–Crippen MR) is 78.5 cm³/mol. The van der Waals surface area contributed by atoms with Crippen molar-refractivity contribution in [2.24, 2.45) is 0 Å². The van der Waals surface area contributed by atoms with Crippen LogP contribution in [0.3, 0.4) is 0 Å². The van der Waals surface area contributed by atoms with Gasteiger partial charge in [-0.2, -0.15) is 0 Å². The van der Waals surface area contributed by atoms with Crippen molar-refractivity contribution in [3.8, 4) is 0 Å². The molecule has 0 bridgehead atoms. The monoisotopic (exact) mass is 297 g/mol. The van der Waals surface area contributed by atoms with E-state index in [-0.39, 0.29) is 11.9 Å². The minimum absolute atomic E-state index is 0.327. The molecule has 0 heterocycles. The van der Waals surface area contributed by atoms with Crippen LogP contribution >= 0.6 is 23.2 Å². The third kappa shape index (κ3) is 2.92. The molecule has 1 nitrogen and oxygen atoms in total. The third-order valence-electron chi connectivity index (χ3n) is 3.11. The van der Waals surface area contributed by atoms with Crippen molar-refractivity contribution in [3.05, 3.63) is 69.0 Å². The molecule has 0 saturated heterocycles. The van der Waals surface area contributed by atoms with Gasteiger partial charge in [-0.25, -0.2) is 4.39 Å². The molecule has 0 spiro atoms. The number of rotatable bonds is 3. The largest absolute Gasteiger partial charge is 0.309 e. The number of benzene rings is 2. The van der Waals surface area contributed by atoms with Gasteiger partial charge >= 0.3 is 0 Å². The lowest BCUT2D eigenvalue weighted by molar-refractivity contribution is 0.576. The van der Waals surface area contributed by atoms with E-state index in [9.17, 15) is 4.39 Å². The molecule has 2 aromatic carbocycles. The van der Waals surface area contributed by atoms with Crippen molar-refractivity contribution < 1.29 is 4.39 Å². The summed E-state index contributed by atoms with van der Waals surface area (Å²) in [6.07, 6.45) is 0. The Kier molecular flexibility index (Phi) is 4.46. The summed E-state index contributed by atoms with van der Waals surface area (Å²) in [5.41, 5.74) is 2.30. The molecule has 0 saturated carbocycles. The van der Waals surface area contributed by atoms with E-state index in [0.717, 1.165) is 11.1 Å². The zero-order valence-electron chi connectivity index (χ0n) is 10.7. The fraction of sp³-hybridized carbons (Fsp3) is 0.200. The summed E-state index contributed by atoms with van der Waals surface area (Å²) in [5, 5.41) is 4.14. The zero-order chi connectivity index (χ0) is 14.0. The molecule has 0 fully saturated rings. The van der Waals surface area contributed by atoms with Gasteiger partial charge in [-0.3, -0.25) is 0 Å². The van der Waals surface area contributed by atoms with E-state index in [4.69, 9.17) is 23.2 Å². The van der Waals surface area contributed by atoms with Crippen molar-refractivity contribution in [3.63, 3.8) is 0 Å². The number of halogens is 3. The van der Waals surface area contributed by atoms with E-state index in [0.29, 0.717) is 15.6 Å². The van der Waals surface area contributed by atoms with Crippen LogP contribution in [-0.4, -0.2) is 7.05 Å². The predicted octanol–water partition coefficient (Wildman–Crippen LogP) is 4.75. The molecule has 0 aliphatic rings. The first-order valence-corrected chi connectivity index (χ1v) is 6.67. The van der Waals surface area contributed by atoms with Crippen LogP contribution in [0.4, 0.5) is 4.39 Å². The molecule has 19 heavy (non-hydrogen) atoms. The van der Waals surface area contributed by atoms with E-state index >= 15 is 0 Å². The highest BCUT2D eigenvalue weighted by Crippen LogP contribution is 2.32. The Hall–Kier alpha value is -1.09.